The molecule has 0 heterocycles. The van der Waals surface area contributed by atoms with Gasteiger partial charge in [0.1, 0.15) is 6.61 Å². The number of para-hydroxylation sites is 1. The van der Waals surface area contributed by atoms with Crippen LogP contribution >= 0.6 is 0 Å². The van der Waals surface area contributed by atoms with Crippen LogP contribution < -0.4 is 25.4 Å². The first kappa shape index (κ1) is 24.0. The maximum Gasteiger partial charge on any atom is 0.319 e. The average molecular weight is 429 g/mol. The largest absolute Gasteiger partial charge is 0.493 e. The summed E-state index contributed by atoms with van der Waals surface area (Å²) in [4.78, 5) is 26.4. The monoisotopic (exact) mass is 428 g/mol. The molecule has 2 aromatic carbocycles. The second-order valence-electron chi connectivity index (χ2n) is 6.79. The van der Waals surface area contributed by atoms with E-state index in [4.69, 9.17) is 9.47 Å². The summed E-state index contributed by atoms with van der Waals surface area (Å²) in [5, 5.41) is 8.19. The Kier molecular flexibility index (Phi) is 10.2. The molecule has 0 saturated heterocycles. The molecule has 0 atom stereocenters. The van der Waals surface area contributed by atoms with E-state index in [1.807, 2.05) is 18.2 Å². The molecular formula is C23H32N4O4. The van der Waals surface area contributed by atoms with Crippen LogP contribution in [-0.4, -0.2) is 56.7 Å². The number of carbonyl (C=O) groups excluding carboxylic acids is 2. The van der Waals surface area contributed by atoms with Gasteiger partial charge < -0.3 is 30.3 Å². The normalized spacial score (nSPS) is 10.5. The minimum atomic E-state index is -0.354. The lowest BCUT2D eigenvalue weighted by Crippen LogP contribution is -2.31. The van der Waals surface area contributed by atoms with E-state index in [1.54, 1.807) is 37.4 Å². The maximum atomic E-state index is 12.2. The van der Waals surface area contributed by atoms with Gasteiger partial charge in [0, 0.05) is 37.0 Å². The Balaban J connectivity index is 1.80. The number of nitrogens with one attached hydrogen (secondary N) is 3. The van der Waals surface area contributed by atoms with E-state index in [2.05, 4.69) is 34.7 Å². The quantitative estimate of drug-likeness (QED) is 0.481. The van der Waals surface area contributed by atoms with Crippen LogP contribution in [0.25, 0.3) is 0 Å². The van der Waals surface area contributed by atoms with Crippen LogP contribution in [0.15, 0.2) is 48.5 Å². The molecule has 168 valence electrons. The Morgan fingerprint density at radius 2 is 1.68 bits per heavy atom. The number of anilines is 2. The Hall–Kier alpha value is -3.26. The lowest BCUT2D eigenvalue weighted by Gasteiger charge is -2.19. The standard InChI is InChI=1S/C23H32N4O4/c1-4-27(5-2)15-16-31-21-17-19(11-12-20(21)30-3)25-22(28)13-14-24-23(29)26-18-9-7-6-8-10-18/h6-12,17H,4-5,13-16H2,1-3H3,(H,25,28)(H2,24,26,29). The van der Waals surface area contributed by atoms with Gasteiger partial charge in [0.15, 0.2) is 11.5 Å². The molecule has 8 nitrogen and oxygen atoms in total. The molecule has 0 aromatic heterocycles. The van der Waals surface area contributed by atoms with Crippen molar-refractivity contribution in [2.75, 3.05) is 50.5 Å². The number of likely N-dealkylation sites (N-methyl/N-ethyl adjacent to an activating group) is 1. The molecule has 0 aliphatic rings. The molecule has 2 aromatic rings. The van der Waals surface area contributed by atoms with Crippen LogP contribution in [0.3, 0.4) is 0 Å². The first-order chi connectivity index (χ1) is 15.0. The van der Waals surface area contributed by atoms with Gasteiger partial charge in [0.25, 0.3) is 0 Å². The predicted octanol–water partition coefficient (Wildman–Crippen LogP) is 3.57. The molecule has 0 saturated carbocycles. The number of methoxy groups -OCH3 is 1. The molecule has 0 fully saturated rings. The molecule has 2 rings (SSSR count). The van der Waals surface area contributed by atoms with Crippen LogP contribution in [0.4, 0.5) is 16.2 Å². The Morgan fingerprint density at radius 1 is 0.935 bits per heavy atom. The van der Waals surface area contributed by atoms with Crippen LogP contribution in [0.2, 0.25) is 0 Å². The molecule has 8 heteroatoms. The van der Waals surface area contributed by atoms with Crippen LogP contribution in [0, 0.1) is 0 Å². The fourth-order valence-corrected chi connectivity index (χ4v) is 2.90. The lowest BCUT2D eigenvalue weighted by atomic mass is 10.2. The number of carbonyl (C=O) groups is 2. The number of benzene rings is 2. The average Bonchev–Trinajstić information content (AvgIpc) is 2.77. The number of hydrogen-bond acceptors (Lipinski definition) is 5. The van der Waals surface area contributed by atoms with E-state index in [-0.39, 0.29) is 24.9 Å². The summed E-state index contributed by atoms with van der Waals surface area (Å²) >= 11 is 0. The third-order valence-corrected chi connectivity index (χ3v) is 4.68. The summed E-state index contributed by atoms with van der Waals surface area (Å²) in [6.07, 6.45) is 0.145. The molecule has 31 heavy (non-hydrogen) atoms. The zero-order chi connectivity index (χ0) is 22.5. The SMILES string of the molecule is CCN(CC)CCOc1cc(NC(=O)CCNC(=O)Nc2ccccc2)ccc1OC. The van der Waals surface area contributed by atoms with Crippen LogP contribution in [0.5, 0.6) is 11.5 Å². The number of nitrogens with zero attached hydrogens (tertiary/aromatic N) is 1. The fraction of sp³-hybridized carbons (Fsp3) is 0.391. The van der Waals surface area contributed by atoms with Crippen LogP contribution in [0.1, 0.15) is 20.3 Å². The molecule has 0 radical (unpaired) electrons. The highest BCUT2D eigenvalue weighted by atomic mass is 16.5. The van der Waals surface area contributed by atoms with Crippen LogP contribution in [-0.2, 0) is 4.79 Å². The minimum Gasteiger partial charge on any atom is -0.493 e. The van der Waals surface area contributed by atoms with Gasteiger partial charge in [-0.15, -0.1) is 0 Å². The highest BCUT2D eigenvalue weighted by molar-refractivity contribution is 5.92. The number of hydrogen-bond donors (Lipinski definition) is 3. The van der Waals surface area contributed by atoms with Gasteiger partial charge >= 0.3 is 6.03 Å². The zero-order valence-electron chi connectivity index (χ0n) is 18.4. The van der Waals surface area contributed by atoms with E-state index in [0.717, 1.165) is 19.6 Å². The predicted molar refractivity (Wildman–Crippen MR) is 123 cm³/mol. The van der Waals surface area contributed by atoms with E-state index in [0.29, 0.717) is 29.5 Å². The smallest absolute Gasteiger partial charge is 0.319 e. The van der Waals surface area contributed by atoms with E-state index in [1.165, 1.54) is 0 Å². The van der Waals surface area contributed by atoms with E-state index >= 15 is 0 Å². The van der Waals surface area contributed by atoms with Crippen molar-refractivity contribution < 1.29 is 19.1 Å². The Labute approximate surface area is 183 Å². The number of rotatable bonds is 12. The zero-order valence-corrected chi connectivity index (χ0v) is 18.4. The molecule has 0 bridgehead atoms. The molecule has 0 unspecified atom stereocenters. The van der Waals surface area contributed by atoms with Crippen molar-refractivity contribution in [3.05, 3.63) is 48.5 Å². The minimum absolute atomic E-state index is 0.145. The summed E-state index contributed by atoms with van der Waals surface area (Å²) in [5.41, 5.74) is 1.30. The number of amides is 3. The third kappa shape index (κ3) is 8.55. The summed E-state index contributed by atoms with van der Waals surface area (Å²) in [6, 6.07) is 14.0. The number of urea groups is 1. The first-order valence-electron chi connectivity index (χ1n) is 10.5. The fourth-order valence-electron chi connectivity index (χ4n) is 2.90. The van der Waals surface area contributed by atoms with Crippen molar-refractivity contribution in [3.8, 4) is 11.5 Å². The Morgan fingerprint density at radius 3 is 2.35 bits per heavy atom. The topological polar surface area (TPSA) is 91.9 Å². The third-order valence-electron chi connectivity index (χ3n) is 4.68. The highest BCUT2D eigenvalue weighted by Gasteiger charge is 2.10. The van der Waals surface area contributed by atoms with Crippen molar-refractivity contribution in [1.82, 2.24) is 10.2 Å². The van der Waals surface area contributed by atoms with Crippen molar-refractivity contribution in [1.29, 1.82) is 0 Å². The van der Waals surface area contributed by atoms with Crippen molar-refractivity contribution in [2.45, 2.75) is 20.3 Å². The number of ether oxygens (including phenoxy) is 2. The summed E-state index contributed by atoms with van der Waals surface area (Å²) < 4.78 is 11.2. The highest BCUT2D eigenvalue weighted by Crippen LogP contribution is 2.30. The van der Waals surface area contributed by atoms with Gasteiger partial charge in [-0.1, -0.05) is 32.0 Å². The van der Waals surface area contributed by atoms with Gasteiger partial charge in [0.05, 0.1) is 7.11 Å². The molecule has 3 amide bonds. The van der Waals surface area contributed by atoms with Gasteiger partial charge in [-0.25, -0.2) is 4.79 Å². The van der Waals surface area contributed by atoms with E-state index < -0.39 is 0 Å². The second kappa shape index (κ2) is 13.1. The summed E-state index contributed by atoms with van der Waals surface area (Å²) in [7, 11) is 1.58. The van der Waals surface area contributed by atoms with Gasteiger partial charge in [-0.2, -0.15) is 0 Å². The Bertz CT molecular complexity index is 826. The first-order valence-corrected chi connectivity index (χ1v) is 10.5. The maximum absolute atomic E-state index is 12.2. The van der Waals surface area contributed by atoms with Gasteiger partial charge in [-0.3, -0.25) is 4.79 Å². The summed E-state index contributed by atoms with van der Waals surface area (Å²) in [5.74, 6) is 0.976. The lowest BCUT2D eigenvalue weighted by molar-refractivity contribution is -0.116. The molecule has 3 N–H and O–H groups in total. The van der Waals surface area contributed by atoms with Gasteiger partial charge in [-0.05, 0) is 37.4 Å². The van der Waals surface area contributed by atoms with Crippen molar-refractivity contribution >= 4 is 23.3 Å². The van der Waals surface area contributed by atoms with Crippen molar-refractivity contribution in [2.24, 2.45) is 0 Å². The van der Waals surface area contributed by atoms with Crippen molar-refractivity contribution in [3.63, 3.8) is 0 Å². The second-order valence-corrected chi connectivity index (χ2v) is 6.79. The molecule has 0 aliphatic carbocycles. The summed E-state index contributed by atoms with van der Waals surface area (Å²) in [6.45, 7) is 7.70. The van der Waals surface area contributed by atoms with E-state index in [9.17, 15) is 9.59 Å². The molecule has 0 aliphatic heterocycles. The molecular weight excluding hydrogens is 396 g/mol. The van der Waals surface area contributed by atoms with Gasteiger partial charge in [0.2, 0.25) is 5.91 Å². The molecule has 0 spiro atoms.